The zero-order chi connectivity index (χ0) is 15.4. The van der Waals surface area contributed by atoms with Gasteiger partial charge in [-0.15, -0.1) is 0 Å². The summed E-state index contributed by atoms with van der Waals surface area (Å²) in [6.07, 6.45) is 6.20. The fourth-order valence-corrected chi connectivity index (χ4v) is 4.32. The Hall–Kier alpha value is -1.81. The van der Waals surface area contributed by atoms with Gasteiger partial charge < -0.3 is 4.74 Å². The number of imide groups is 1. The van der Waals surface area contributed by atoms with E-state index in [9.17, 15) is 9.59 Å². The van der Waals surface area contributed by atoms with Crippen LogP contribution in [0.25, 0.3) is 0 Å². The average Bonchev–Trinajstić information content (AvgIpc) is 2.82. The van der Waals surface area contributed by atoms with Crippen molar-refractivity contribution in [3.05, 3.63) is 35.4 Å². The van der Waals surface area contributed by atoms with E-state index in [1.54, 1.807) is 18.2 Å². The predicted octanol–water partition coefficient (Wildman–Crippen LogP) is 3.05. The van der Waals surface area contributed by atoms with Crippen LogP contribution in [-0.2, 0) is 9.59 Å². The van der Waals surface area contributed by atoms with Gasteiger partial charge in [-0.3, -0.25) is 9.59 Å². The van der Waals surface area contributed by atoms with Gasteiger partial charge in [-0.2, -0.15) is 0 Å². The summed E-state index contributed by atoms with van der Waals surface area (Å²) in [5.41, 5.74) is 0.457. The molecule has 0 aromatic heterocycles. The number of carbonyl (C=O) groups is 2. The molecule has 2 fully saturated rings. The van der Waals surface area contributed by atoms with Crippen LogP contribution in [0.1, 0.15) is 12.8 Å². The second kappa shape index (κ2) is 4.85. The maximum Gasteiger partial charge on any atom is 0.238 e. The molecule has 114 valence electrons. The van der Waals surface area contributed by atoms with Crippen LogP contribution in [-0.4, -0.2) is 18.9 Å². The summed E-state index contributed by atoms with van der Waals surface area (Å²) in [6, 6.07) is 5.00. The molecule has 1 aromatic rings. The molecule has 2 amide bonds. The summed E-state index contributed by atoms with van der Waals surface area (Å²) in [4.78, 5) is 27.1. The van der Waals surface area contributed by atoms with Crippen LogP contribution < -0.4 is 9.64 Å². The Labute approximate surface area is 133 Å². The molecule has 0 spiro atoms. The van der Waals surface area contributed by atoms with Crippen molar-refractivity contribution in [1.82, 2.24) is 0 Å². The zero-order valence-corrected chi connectivity index (χ0v) is 12.9. The number of benzene rings is 1. The van der Waals surface area contributed by atoms with Crippen molar-refractivity contribution in [3.63, 3.8) is 0 Å². The topological polar surface area (TPSA) is 46.6 Å². The summed E-state index contributed by atoms with van der Waals surface area (Å²) < 4.78 is 5.31. The number of anilines is 1. The van der Waals surface area contributed by atoms with E-state index >= 15 is 0 Å². The molecule has 3 aliphatic carbocycles. The molecule has 1 saturated carbocycles. The number of halogens is 1. The summed E-state index contributed by atoms with van der Waals surface area (Å²) in [5.74, 6) is 0.178. The number of hydrogen-bond acceptors (Lipinski definition) is 3. The van der Waals surface area contributed by atoms with Crippen LogP contribution in [0.4, 0.5) is 5.69 Å². The Kier molecular flexibility index (Phi) is 3.05. The zero-order valence-electron chi connectivity index (χ0n) is 12.2. The minimum Gasteiger partial charge on any atom is -0.495 e. The van der Waals surface area contributed by atoms with Crippen LogP contribution in [0.2, 0.25) is 5.02 Å². The molecule has 0 radical (unpaired) electrons. The summed E-state index contributed by atoms with van der Waals surface area (Å²) in [7, 11) is 1.52. The van der Waals surface area contributed by atoms with Gasteiger partial charge in [0.15, 0.2) is 0 Å². The third-order valence-electron chi connectivity index (χ3n) is 5.14. The lowest BCUT2D eigenvalue weighted by Gasteiger charge is -2.38. The minimum atomic E-state index is -0.222. The van der Waals surface area contributed by atoms with E-state index in [1.165, 1.54) is 12.0 Å². The third kappa shape index (κ3) is 1.76. The van der Waals surface area contributed by atoms with Crippen molar-refractivity contribution in [3.8, 4) is 5.75 Å². The van der Waals surface area contributed by atoms with E-state index in [0.717, 1.165) is 12.8 Å². The van der Waals surface area contributed by atoms with E-state index in [1.807, 2.05) is 0 Å². The molecular weight excluding hydrogens is 302 g/mol. The molecule has 0 N–H and O–H groups in total. The van der Waals surface area contributed by atoms with Crippen LogP contribution in [0.5, 0.6) is 5.75 Å². The number of hydrogen-bond donors (Lipinski definition) is 0. The van der Waals surface area contributed by atoms with Gasteiger partial charge >= 0.3 is 0 Å². The highest BCUT2D eigenvalue weighted by atomic mass is 35.5. The second-order valence-electron chi connectivity index (χ2n) is 6.17. The summed E-state index contributed by atoms with van der Waals surface area (Å²) in [5, 5.41) is 0.479. The molecule has 4 nitrogen and oxygen atoms in total. The van der Waals surface area contributed by atoms with Crippen molar-refractivity contribution in [2.75, 3.05) is 12.0 Å². The highest BCUT2D eigenvalue weighted by Gasteiger charge is 2.57. The number of ether oxygens (including phenoxy) is 1. The van der Waals surface area contributed by atoms with Gasteiger partial charge in [0, 0.05) is 5.02 Å². The van der Waals surface area contributed by atoms with E-state index in [-0.39, 0.29) is 35.5 Å². The van der Waals surface area contributed by atoms with Gasteiger partial charge in [0.25, 0.3) is 0 Å². The highest BCUT2D eigenvalue weighted by molar-refractivity contribution is 6.31. The van der Waals surface area contributed by atoms with E-state index in [4.69, 9.17) is 16.3 Å². The highest BCUT2D eigenvalue weighted by Crippen LogP contribution is 2.51. The number of amides is 2. The smallest absolute Gasteiger partial charge is 0.238 e. The van der Waals surface area contributed by atoms with Crippen LogP contribution >= 0.6 is 11.6 Å². The van der Waals surface area contributed by atoms with Crippen molar-refractivity contribution >= 4 is 29.1 Å². The molecule has 1 saturated heterocycles. The predicted molar refractivity (Wildman–Crippen MR) is 82.8 cm³/mol. The first-order valence-corrected chi connectivity index (χ1v) is 7.89. The SMILES string of the molecule is COc1ccc(Cl)cc1N1C(=O)[C@@H]2[C@@H](C1=O)[C@H]1C=C[C@@H]2CC1. The number of nitrogens with zero attached hydrogens (tertiary/aromatic N) is 1. The van der Waals surface area contributed by atoms with Gasteiger partial charge in [-0.05, 0) is 42.9 Å². The van der Waals surface area contributed by atoms with E-state index in [0.29, 0.717) is 16.5 Å². The molecule has 22 heavy (non-hydrogen) atoms. The Morgan fingerprint density at radius 1 is 1.09 bits per heavy atom. The summed E-state index contributed by atoms with van der Waals surface area (Å²) >= 11 is 6.05. The Morgan fingerprint density at radius 2 is 1.68 bits per heavy atom. The van der Waals surface area contributed by atoms with Gasteiger partial charge in [0.1, 0.15) is 5.75 Å². The monoisotopic (exact) mass is 317 g/mol. The molecule has 4 atom stereocenters. The molecule has 2 bridgehead atoms. The van der Waals surface area contributed by atoms with E-state index < -0.39 is 0 Å². The fourth-order valence-electron chi connectivity index (χ4n) is 4.15. The number of carbonyl (C=O) groups excluding carboxylic acids is 2. The Morgan fingerprint density at radius 3 is 2.18 bits per heavy atom. The molecule has 1 heterocycles. The molecule has 1 aliphatic heterocycles. The lowest BCUT2D eigenvalue weighted by Crippen LogP contribution is -2.38. The van der Waals surface area contributed by atoms with Gasteiger partial charge in [-0.1, -0.05) is 23.8 Å². The third-order valence-corrected chi connectivity index (χ3v) is 5.38. The number of methoxy groups -OCH3 is 1. The molecule has 5 heteroatoms. The van der Waals surface area contributed by atoms with Crippen molar-refractivity contribution < 1.29 is 14.3 Å². The summed E-state index contributed by atoms with van der Waals surface area (Å²) in [6.45, 7) is 0. The molecule has 1 aromatic carbocycles. The lowest BCUT2D eigenvalue weighted by atomic mass is 9.63. The maximum atomic E-state index is 12.9. The van der Waals surface area contributed by atoms with Crippen molar-refractivity contribution in [2.24, 2.45) is 23.7 Å². The van der Waals surface area contributed by atoms with Crippen molar-refractivity contribution in [2.45, 2.75) is 12.8 Å². The Bertz CT molecular complexity index is 667. The Balaban J connectivity index is 1.80. The first-order chi connectivity index (χ1) is 10.6. The van der Waals surface area contributed by atoms with Gasteiger partial charge in [0.2, 0.25) is 11.8 Å². The molecule has 0 unspecified atom stereocenters. The average molecular weight is 318 g/mol. The first-order valence-electron chi connectivity index (χ1n) is 7.51. The largest absolute Gasteiger partial charge is 0.495 e. The van der Waals surface area contributed by atoms with E-state index in [2.05, 4.69) is 12.2 Å². The lowest BCUT2D eigenvalue weighted by molar-refractivity contribution is -0.124. The maximum absolute atomic E-state index is 12.9. The van der Waals surface area contributed by atoms with Crippen molar-refractivity contribution in [1.29, 1.82) is 0 Å². The molecule has 5 rings (SSSR count). The normalized spacial score (nSPS) is 32.5. The standard InChI is InChI=1S/C17H16ClNO3/c1-22-13-7-6-11(18)8-12(13)19-16(20)14-9-2-3-10(5-4-9)15(14)17(19)21/h2-3,6-10,14-15H,4-5H2,1H3/t9-,10+,14-,15-/m0/s1. The first kappa shape index (κ1) is 13.8. The van der Waals surface area contributed by atoms with Crippen LogP contribution in [0.15, 0.2) is 30.4 Å². The second-order valence-corrected chi connectivity index (χ2v) is 6.61. The van der Waals surface area contributed by atoms with Crippen LogP contribution in [0.3, 0.4) is 0 Å². The number of fused-ring (bicyclic) bond motifs is 1. The van der Waals surface area contributed by atoms with Crippen LogP contribution in [0, 0.1) is 23.7 Å². The van der Waals surface area contributed by atoms with Gasteiger partial charge in [-0.25, -0.2) is 4.90 Å². The number of rotatable bonds is 2. The minimum absolute atomic E-state index is 0.116. The quantitative estimate of drug-likeness (QED) is 0.622. The molecule has 4 aliphatic rings. The fraction of sp³-hybridized carbons (Fsp3) is 0.412. The number of allylic oxidation sites excluding steroid dienone is 2. The van der Waals surface area contributed by atoms with Gasteiger partial charge in [0.05, 0.1) is 24.6 Å². The molecular formula is C17H16ClNO3.